The second-order valence-electron chi connectivity index (χ2n) is 3.67. The highest BCUT2D eigenvalue weighted by Crippen LogP contribution is 2.09. The summed E-state index contributed by atoms with van der Waals surface area (Å²) in [7, 11) is 0. The van der Waals surface area contributed by atoms with Gasteiger partial charge in [0.2, 0.25) is 0 Å². The summed E-state index contributed by atoms with van der Waals surface area (Å²) in [5.74, 6) is -1.08. The molecule has 6 nitrogen and oxygen atoms in total. The van der Waals surface area contributed by atoms with Gasteiger partial charge >= 0.3 is 11.9 Å². The van der Waals surface area contributed by atoms with Crippen LogP contribution in [0.4, 0.5) is 0 Å². The summed E-state index contributed by atoms with van der Waals surface area (Å²) in [6, 6.07) is 0. The number of rotatable bonds is 4. The Hall–Kier alpha value is -1.14. The Labute approximate surface area is 87.6 Å². The normalized spacial score (nSPS) is 21.3. The van der Waals surface area contributed by atoms with E-state index in [4.69, 9.17) is 9.68 Å². The molecule has 2 heterocycles. The van der Waals surface area contributed by atoms with Crippen molar-refractivity contribution in [2.45, 2.75) is 19.3 Å². The van der Waals surface area contributed by atoms with Crippen molar-refractivity contribution < 1.29 is 19.3 Å². The van der Waals surface area contributed by atoms with Gasteiger partial charge in [-0.3, -0.25) is 0 Å². The molecular weight excluding hydrogens is 200 g/mol. The summed E-state index contributed by atoms with van der Waals surface area (Å²) >= 11 is 0. The van der Waals surface area contributed by atoms with Gasteiger partial charge in [0, 0.05) is 26.2 Å². The van der Waals surface area contributed by atoms with Crippen LogP contribution in [0.2, 0.25) is 0 Å². The van der Waals surface area contributed by atoms with Crippen LogP contribution in [-0.2, 0) is 19.3 Å². The first-order valence-electron chi connectivity index (χ1n) is 5.15. The Bertz CT molecular complexity index is 235. The average molecular weight is 214 g/mol. The van der Waals surface area contributed by atoms with E-state index in [0.717, 1.165) is 39.0 Å². The highest BCUT2D eigenvalue weighted by Gasteiger charge is 2.24. The van der Waals surface area contributed by atoms with Gasteiger partial charge in [-0.25, -0.2) is 9.59 Å². The standard InChI is InChI=1S/C9H14N2O4/c12-8(14-10-3-1-4-10)7-9(13)15-11-5-2-6-11/h1-7H2. The predicted octanol–water partition coefficient (Wildman–Crippen LogP) is -0.296. The SMILES string of the molecule is O=C(CC(=O)ON1CCC1)ON1CCC1. The van der Waals surface area contributed by atoms with Crippen LogP contribution < -0.4 is 0 Å². The van der Waals surface area contributed by atoms with Gasteiger partial charge in [-0.15, -0.1) is 10.1 Å². The van der Waals surface area contributed by atoms with Crippen molar-refractivity contribution in [1.29, 1.82) is 0 Å². The zero-order chi connectivity index (χ0) is 10.7. The fourth-order valence-corrected chi connectivity index (χ4v) is 1.23. The van der Waals surface area contributed by atoms with E-state index in [1.165, 1.54) is 0 Å². The minimum atomic E-state index is -0.541. The van der Waals surface area contributed by atoms with Gasteiger partial charge < -0.3 is 9.68 Å². The molecule has 0 aromatic heterocycles. The summed E-state index contributed by atoms with van der Waals surface area (Å²) in [6.07, 6.45) is 1.75. The lowest BCUT2D eigenvalue weighted by Gasteiger charge is -2.29. The lowest BCUT2D eigenvalue weighted by atomic mass is 10.3. The molecule has 0 spiro atoms. The highest BCUT2D eigenvalue weighted by atomic mass is 16.7. The van der Waals surface area contributed by atoms with Gasteiger partial charge in [-0.2, -0.15) is 0 Å². The first-order chi connectivity index (χ1) is 7.24. The molecule has 0 radical (unpaired) electrons. The molecule has 0 unspecified atom stereocenters. The maximum absolute atomic E-state index is 11.2. The molecule has 0 N–H and O–H groups in total. The molecule has 0 atom stereocenters. The molecule has 0 bridgehead atoms. The summed E-state index contributed by atoms with van der Waals surface area (Å²) in [6.45, 7) is 3.03. The molecule has 15 heavy (non-hydrogen) atoms. The minimum Gasteiger partial charge on any atom is -0.367 e. The van der Waals surface area contributed by atoms with E-state index in [0.29, 0.717) is 0 Å². The van der Waals surface area contributed by atoms with Crippen LogP contribution in [0, 0.1) is 0 Å². The Morgan fingerprint density at radius 2 is 1.27 bits per heavy atom. The molecule has 2 fully saturated rings. The fourth-order valence-electron chi connectivity index (χ4n) is 1.23. The predicted molar refractivity (Wildman–Crippen MR) is 49.2 cm³/mol. The summed E-state index contributed by atoms with van der Waals surface area (Å²) in [5.41, 5.74) is 0. The number of hydrogen-bond acceptors (Lipinski definition) is 6. The molecule has 2 saturated heterocycles. The third-order valence-corrected chi connectivity index (χ3v) is 2.38. The maximum atomic E-state index is 11.2. The number of hydroxylamine groups is 4. The van der Waals surface area contributed by atoms with Crippen molar-refractivity contribution in [3.63, 3.8) is 0 Å². The maximum Gasteiger partial charge on any atom is 0.336 e. The van der Waals surface area contributed by atoms with Gasteiger partial charge in [-0.05, 0) is 12.8 Å². The zero-order valence-electron chi connectivity index (χ0n) is 8.48. The molecular formula is C9H14N2O4. The number of nitrogens with zero attached hydrogens (tertiary/aromatic N) is 2. The van der Waals surface area contributed by atoms with Crippen molar-refractivity contribution in [2.24, 2.45) is 0 Å². The minimum absolute atomic E-state index is 0.313. The Kier molecular flexibility index (Phi) is 3.17. The fraction of sp³-hybridized carbons (Fsp3) is 0.778. The number of carbonyl (C=O) groups excluding carboxylic acids is 2. The molecule has 0 aliphatic carbocycles. The highest BCUT2D eigenvalue weighted by molar-refractivity contribution is 5.90. The first kappa shape index (κ1) is 10.4. The lowest BCUT2D eigenvalue weighted by Crippen LogP contribution is -2.41. The van der Waals surface area contributed by atoms with E-state index >= 15 is 0 Å². The van der Waals surface area contributed by atoms with E-state index in [1.54, 1.807) is 10.1 Å². The quantitative estimate of drug-likeness (QED) is 0.599. The Morgan fingerprint density at radius 3 is 1.53 bits per heavy atom. The van der Waals surface area contributed by atoms with Crippen LogP contribution in [0.5, 0.6) is 0 Å². The molecule has 2 aliphatic rings. The third-order valence-electron chi connectivity index (χ3n) is 2.38. The zero-order valence-corrected chi connectivity index (χ0v) is 8.48. The van der Waals surface area contributed by atoms with E-state index in [9.17, 15) is 9.59 Å². The Morgan fingerprint density at radius 1 is 0.867 bits per heavy atom. The molecule has 0 aromatic rings. The molecule has 84 valence electrons. The van der Waals surface area contributed by atoms with E-state index < -0.39 is 11.9 Å². The summed E-state index contributed by atoms with van der Waals surface area (Å²) in [5, 5.41) is 3.08. The molecule has 2 rings (SSSR count). The van der Waals surface area contributed by atoms with Crippen LogP contribution >= 0.6 is 0 Å². The van der Waals surface area contributed by atoms with Crippen molar-refractivity contribution in [3.05, 3.63) is 0 Å². The first-order valence-corrected chi connectivity index (χ1v) is 5.15. The van der Waals surface area contributed by atoms with Gasteiger partial charge in [-0.1, -0.05) is 0 Å². The number of hydrogen-bond donors (Lipinski definition) is 0. The summed E-state index contributed by atoms with van der Waals surface area (Å²) < 4.78 is 0. The Balaban J connectivity index is 1.61. The van der Waals surface area contributed by atoms with Crippen LogP contribution in [0.15, 0.2) is 0 Å². The van der Waals surface area contributed by atoms with Gasteiger partial charge in [0.25, 0.3) is 0 Å². The molecule has 0 saturated carbocycles. The van der Waals surface area contributed by atoms with Crippen LogP contribution in [0.1, 0.15) is 19.3 Å². The van der Waals surface area contributed by atoms with Crippen LogP contribution in [0.3, 0.4) is 0 Å². The van der Waals surface area contributed by atoms with E-state index in [1.807, 2.05) is 0 Å². The van der Waals surface area contributed by atoms with Gasteiger partial charge in [0.15, 0.2) is 0 Å². The van der Waals surface area contributed by atoms with Crippen molar-refractivity contribution in [2.75, 3.05) is 26.2 Å². The van der Waals surface area contributed by atoms with E-state index in [2.05, 4.69) is 0 Å². The second-order valence-corrected chi connectivity index (χ2v) is 3.67. The third kappa shape index (κ3) is 2.90. The second kappa shape index (κ2) is 4.59. The topological polar surface area (TPSA) is 59.1 Å². The molecule has 2 aliphatic heterocycles. The number of carbonyl (C=O) groups is 2. The van der Waals surface area contributed by atoms with Gasteiger partial charge in [0.05, 0.1) is 0 Å². The molecule has 6 heteroatoms. The van der Waals surface area contributed by atoms with E-state index in [-0.39, 0.29) is 6.42 Å². The van der Waals surface area contributed by atoms with Crippen molar-refractivity contribution >= 4 is 11.9 Å². The van der Waals surface area contributed by atoms with Crippen molar-refractivity contribution in [3.8, 4) is 0 Å². The average Bonchev–Trinajstić information content (AvgIpc) is 2.05. The van der Waals surface area contributed by atoms with Crippen molar-refractivity contribution in [1.82, 2.24) is 10.1 Å². The lowest BCUT2D eigenvalue weighted by molar-refractivity contribution is -0.219. The van der Waals surface area contributed by atoms with Gasteiger partial charge in [0.1, 0.15) is 6.42 Å². The summed E-state index contributed by atoms with van der Waals surface area (Å²) in [4.78, 5) is 32.1. The van der Waals surface area contributed by atoms with Crippen LogP contribution in [0.25, 0.3) is 0 Å². The monoisotopic (exact) mass is 214 g/mol. The smallest absolute Gasteiger partial charge is 0.336 e. The molecule has 0 amide bonds. The molecule has 0 aromatic carbocycles. The van der Waals surface area contributed by atoms with Crippen LogP contribution in [-0.4, -0.2) is 48.2 Å². The largest absolute Gasteiger partial charge is 0.367 e.